The van der Waals surface area contributed by atoms with Crippen LogP contribution in [-0.2, 0) is 0 Å². The Bertz CT molecular complexity index is 354. The lowest BCUT2D eigenvalue weighted by Gasteiger charge is -2.12. The third-order valence-electron chi connectivity index (χ3n) is 2.86. The molecule has 1 aliphatic carbocycles. The van der Waals surface area contributed by atoms with Gasteiger partial charge in [0.2, 0.25) is 0 Å². The van der Waals surface area contributed by atoms with Crippen LogP contribution in [0.3, 0.4) is 0 Å². The first kappa shape index (κ1) is 10.1. The van der Waals surface area contributed by atoms with Gasteiger partial charge in [-0.25, -0.2) is 0 Å². The average molecular weight is 204 g/mol. The molecule has 1 heterocycles. The molecule has 0 saturated heterocycles. The Balaban J connectivity index is 1.97. The highest BCUT2D eigenvalue weighted by Crippen LogP contribution is 2.32. The average Bonchev–Trinajstić information content (AvgIpc) is 3.01. The van der Waals surface area contributed by atoms with Crippen LogP contribution in [0.4, 0.5) is 0 Å². The largest absolute Gasteiger partial charge is 0.349 e. The van der Waals surface area contributed by atoms with Gasteiger partial charge in [-0.15, -0.1) is 0 Å². The SMILES string of the molecule is Cc1ccc(C(=O)NC(C)C2CC2)cn1. The van der Waals surface area contributed by atoms with Gasteiger partial charge in [-0.1, -0.05) is 0 Å². The summed E-state index contributed by atoms with van der Waals surface area (Å²) in [7, 11) is 0. The van der Waals surface area contributed by atoms with E-state index < -0.39 is 0 Å². The Labute approximate surface area is 89.9 Å². The molecule has 0 aromatic carbocycles. The standard InChI is InChI=1S/C12H16N2O/c1-8-3-4-11(7-13-8)12(15)14-9(2)10-5-6-10/h3-4,7,9-10H,5-6H2,1-2H3,(H,14,15). The maximum Gasteiger partial charge on any atom is 0.253 e. The minimum atomic E-state index is -0.0121. The molecule has 0 spiro atoms. The molecule has 80 valence electrons. The van der Waals surface area contributed by atoms with E-state index in [0.717, 1.165) is 5.69 Å². The number of amides is 1. The van der Waals surface area contributed by atoms with Crippen LogP contribution < -0.4 is 5.32 Å². The second kappa shape index (κ2) is 4.01. The molecule has 1 unspecified atom stereocenters. The third-order valence-corrected chi connectivity index (χ3v) is 2.86. The lowest BCUT2D eigenvalue weighted by molar-refractivity contribution is 0.0935. The van der Waals surface area contributed by atoms with Gasteiger partial charge in [0.25, 0.3) is 5.91 Å². The molecule has 1 N–H and O–H groups in total. The molecule has 15 heavy (non-hydrogen) atoms. The summed E-state index contributed by atoms with van der Waals surface area (Å²) in [6, 6.07) is 3.97. The summed E-state index contributed by atoms with van der Waals surface area (Å²) in [5, 5.41) is 3.00. The zero-order chi connectivity index (χ0) is 10.8. The summed E-state index contributed by atoms with van der Waals surface area (Å²) >= 11 is 0. The van der Waals surface area contributed by atoms with Crippen LogP contribution in [-0.4, -0.2) is 16.9 Å². The Morgan fingerprint density at radius 3 is 2.80 bits per heavy atom. The summed E-state index contributed by atoms with van der Waals surface area (Å²) in [6.07, 6.45) is 4.12. The fourth-order valence-corrected chi connectivity index (χ4v) is 1.61. The molecule has 1 amide bonds. The molecule has 1 saturated carbocycles. The molecule has 0 aliphatic heterocycles. The summed E-state index contributed by atoms with van der Waals surface area (Å²) in [6.45, 7) is 3.98. The van der Waals surface area contributed by atoms with Gasteiger partial charge in [-0.2, -0.15) is 0 Å². The summed E-state index contributed by atoms with van der Waals surface area (Å²) in [5.41, 5.74) is 1.58. The van der Waals surface area contributed by atoms with Crippen molar-refractivity contribution < 1.29 is 4.79 Å². The van der Waals surface area contributed by atoms with Gasteiger partial charge in [-0.05, 0) is 44.7 Å². The number of rotatable bonds is 3. The number of carbonyl (C=O) groups is 1. The Morgan fingerprint density at radius 1 is 1.53 bits per heavy atom. The maximum absolute atomic E-state index is 11.7. The number of nitrogens with one attached hydrogen (secondary N) is 1. The summed E-state index contributed by atoms with van der Waals surface area (Å²) < 4.78 is 0. The first-order chi connectivity index (χ1) is 7.16. The van der Waals surface area contributed by atoms with Crippen LogP contribution in [0.2, 0.25) is 0 Å². The van der Waals surface area contributed by atoms with E-state index in [4.69, 9.17) is 0 Å². The highest BCUT2D eigenvalue weighted by atomic mass is 16.1. The van der Waals surface area contributed by atoms with Crippen LogP contribution in [0.5, 0.6) is 0 Å². The van der Waals surface area contributed by atoms with E-state index in [0.29, 0.717) is 17.5 Å². The molecular weight excluding hydrogens is 188 g/mol. The van der Waals surface area contributed by atoms with Gasteiger partial charge in [0.15, 0.2) is 0 Å². The van der Waals surface area contributed by atoms with E-state index in [2.05, 4.69) is 17.2 Å². The highest BCUT2D eigenvalue weighted by molar-refractivity contribution is 5.94. The van der Waals surface area contributed by atoms with Gasteiger partial charge < -0.3 is 5.32 Å². The zero-order valence-electron chi connectivity index (χ0n) is 9.16. The number of hydrogen-bond acceptors (Lipinski definition) is 2. The predicted molar refractivity (Wildman–Crippen MR) is 58.6 cm³/mol. The monoisotopic (exact) mass is 204 g/mol. The van der Waals surface area contributed by atoms with E-state index in [9.17, 15) is 4.79 Å². The molecule has 0 bridgehead atoms. The van der Waals surface area contributed by atoms with Gasteiger partial charge in [0, 0.05) is 17.9 Å². The smallest absolute Gasteiger partial charge is 0.253 e. The number of carbonyl (C=O) groups excluding carboxylic acids is 1. The van der Waals surface area contributed by atoms with Crippen molar-refractivity contribution in [2.75, 3.05) is 0 Å². The molecule has 1 aromatic heterocycles. The van der Waals surface area contributed by atoms with Crippen molar-refractivity contribution in [3.63, 3.8) is 0 Å². The van der Waals surface area contributed by atoms with Crippen molar-refractivity contribution in [3.8, 4) is 0 Å². The molecule has 2 rings (SSSR count). The maximum atomic E-state index is 11.7. The molecule has 1 aromatic rings. The van der Waals surface area contributed by atoms with E-state index >= 15 is 0 Å². The highest BCUT2D eigenvalue weighted by Gasteiger charge is 2.28. The molecule has 1 fully saturated rings. The van der Waals surface area contributed by atoms with Crippen molar-refractivity contribution in [3.05, 3.63) is 29.6 Å². The molecule has 3 nitrogen and oxygen atoms in total. The van der Waals surface area contributed by atoms with Crippen LogP contribution in [0, 0.1) is 12.8 Å². The van der Waals surface area contributed by atoms with Crippen molar-refractivity contribution in [1.29, 1.82) is 0 Å². The zero-order valence-corrected chi connectivity index (χ0v) is 9.16. The summed E-state index contributed by atoms with van der Waals surface area (Å²) in [4.78, 5) is 15.9. The summed E-state index contributed by atoms with van der Waals surface area (Å²) in [5.74, 6) is 0.675. The Kier molecular flexibility index (Phi) is 2.71. The van der Waals surface area contributed by atoms with Gasteiger partial charge in [0.1, 0.15) is 0 Å². The second-order valence-corrected chi connectivity index (χ2v) is 4.29. The Morgan fingerprint density at radius 2 is 2.27 bits per heavy atom. The molecule has 0 radical (unpaired) electrons. The molecule has 1 aliphatic rings. The van der Waals surface area contributed by atoms with Crippen LogP contribution in [0.15, 0.2) is 18.3 Å². The minimum Gasteiger partial charge on any atom is -0.349 e. The van der Waals surface area contributed by atoms with Gasteiger partial charge >= 0.3 is 0 Å². The lowest BCUT2D eigenvalue weighted by atomic mass is 10.2. The van der Waals surface area contributed by atoms with E-state index in [1.807, 2.05) is 19.1 Å². The quantitative estimate of drug-likeness (QED) is 0.817. The Hall–Kier alpha value is -1.38. The van der Waals surface area contributed by atoms with Crippen LogP contribution in [0.25, 0.3) is 0 Å². The molecule has 1 atom stereocenters. The first-order valence-electron chi connectivity index (χ1n) is 5.40. The van der Waals surface area contributed by atoms with Crippen molar-refractivity contribution in [2.45, 2.75) is 32.7 Å². The minimum absolute atomic E-state index is 0.0121. The number of pyridine rings is 1. The fourth-order valence-electron chi connectivity index (χ4n) is 1.61. The molecular formula is C12H16N2O. The molecule has 3 heteroatoms. The number of aromatic nitrogens is 1. The normalized spacial score (nSPS) is 17.2. The number of nitrogens with zero attached hydrogens (tertiary/aromatic N) is 1. The van der Waals surface area contributed by atoms with E-state index in [-0.39, 0.29) is 5.91 Å². The van der Waals surface area contributed by atoms with Crippen molar-refractivity contribution in [1.82, 2.24) is 10.3 Å². The van der Waals surface area contributed by atoms with E-state index in [1.54, 1.807) is 6.20 Å². The third kappa shape index (κ3) is 2.55. The second-order valence-electron chi connectivity index (χ2n) is 4.29. The van der Waals surface area contributed by atoms with E-state index in [1.165, 1.54) is 12.8 Å². The predicted octanol–water partition coefficient (Wildman–Crippen LogP) is 1.92. The first-order valence-corrected chi connectivity index (χ1v) is 5.40. The van der Waals surface area contributed by atoms with Gasteiger partial charge in [-0.3, -0.25) is 9.78 Å². The topological polar surface area (TPSA) is 42.0 Å². The fraction of sp³-hybridized carbons (Fsp3) is 0.500. The van der Waals surface area contributed by atoms with Gasteiger partial charge in [0.05, 0.1) is 5.56 Å². The van der Waals surface area contributed by atoms with Crippen LogP contribution in [0.1, 0.15) is 35.8 Å². The lowest BCUT2D eigenvalue weighted by Crippen LogP contribution is -2.34. The van der Waals surface area contributed by atoms with Crippen LogP contribution >= 0.6 is 0 Å². The van der Waals surface area contributed by atoms with Crippen molar-refractivity contribution in [2.24, 2.45) is 5.92 Å². The number of aryl methyl sites for hydroxylation is 1. The number of hydrogen-bond donors (Lipinski definition) is 1. The van der Waals surface area contributed by atoms with Crippen molar-refractivity contribution >= 4 is 5.91 Å².